The van der Waals surface area contributed by atoms with Gasteiger partial charge in [0.05, 0.1) is 16.7 Å². The third kappa shape index (κ3) is 3.55. The largest absolute Gasteiger partial charge is 0.416 e. The van der Waals surface area contributed by atoms with Crippen LogP contribution in [0.15, 0.2) is 53.9 Å². The smallest absolute Gasteiger partial charge is 0.333 e. The summed E-state index contributed by atoms with van der Waals surface area (Å²) in [6.07, 6.45) is 2.44. The molecule has 1 aromatic carbocycles. The summed E-state index contributed by atoms with van der Waals surface area (Å²) in [7, 11) is -2.53. The lowest BCUT2D eigenvalue weighted by molar-refractivity contribution is -0.137. The van der Waals surface area contributed by atoms with Crippen LogP contribution in [0, 0.1) is 0 Å². The average Bonchev–Trinajstić information content (AvgIpc) is 3.26. The molecule has 4 rings (SSSR count). The van der Waals surface area contributed by atoms with Crippen molar-refractivity contribution in [3.8, 4) is 0 Å². The predicted molar refractivity (Wildman–Crippen MR) is 97.2 cm³/mol. The highest BCUT2D eigenvalue weighted by Crippen LogP contribution is 2.36. The van der Waals surface area contributed by atoms with Gasteiger partial charge in [-0.1, -0.05) is 6.07 Å². The van der Waals surface area contributed by atoms with Gasteiger partial charge in [0.25, 0.3) is 0 Å². The highest BCUT2D eigenvalue weighted by atomic mass is 32.2. The molecule has 1 aliphatic rings. The van der Waals surface area contributed by atoms with Gasteiger partial charge in [-0.3, -0.25) is 4.68 Å². The van der Waals surface area contributed by atoms with Crippen LogP contribution in [-0.2, 0) is 29.8 Å². The van der Waals surface area contributed by atoms with E-state index in [1.807, 2.05) is 4.57 Å². The van der Waals surface area contributed by atoms with E-state index >= 15 is 0 Å². The molecule has 1 atom stereocenters. The Hall–Kier alpha value is -2.66. The van der Waals surface area contributed by atoms with Gasteiger partial charge in [0, 0.05) is 44.3 Å². The van der Waals surface area contributed by atoms with Crippen molar-refractivity contribution >= 4 is 10.0 Å². The third-order valence-electron chi connectivity index (χ3n) is 4.87. The molecule has 7 nitrogen and oxygen atoms in total. The Morgan fingerprint density at radius 3 is 2.69 bits per heavy atom. The summed E-state index contributed by atoms with van der Waals surface area (Å²) in [5.41, 5.74) is -0.412. The lowest BCUT2D eigenvalue weighted by atomic mass is 10.1. The van der Waals surface area contributed by atoms with Crippen molar-refractivity contribution in [2.24, 2.45) is 7.05 Å². The molecule has 1 aliphatic heterocycles. The molecule has 11 heteroatoms. The van der Waals surface area contributed by atoms with Crippen LogP contribution in [0.1, 0.15) is 29.4 Å². The molecule has 0 amide bonds. The first kappa shape index (κ1) is 19.6. The summed E-state index contributed by atoms with van der Waals surface area (Å²) in [4.78, 5) is 3.94. The lowest BCUT2D eigenvalue weighted by Crippen LogP contribution is -2.36. The van der Waals surface area contributed by atoms with Crippen LogP contribution >= 0.6 is 0 Å². The molecular formula is C18H18F3N5O2S. The fourth-order valence-corrected chi connectivity index (χ4v) is 5.20. The van der Waals surface area contributed by atoms with Crippen molar-refractivity contribution in [1.82, 2.24) is 23.6 Å². The molecule has 0 fully saturated rings. The normalized spacial score (nSPS) is 18.4. The number of hydrogen-bond acceptors (Lipinski definition) is 4. The number of halogens is 3. The van der Waals surface area contributed by atoms with Crippen LogP contribution in [0.25, 0.3) is 0 Å². The van der Waals surface area contributed by atoms with Gasteiger partial charge in [-0.2, -0.15) is 22.6 Å². The molecule has 0 saturated heterocycles. The maximum Gasteiger partial charge on any atom is 0.416 e. The van der Waals surface area contributed by atoms with E-state index < -0.39 is 32.7 Å². The van der Waals surface area contributed by atoms with E-state index in [-0.39, 0.29) is 6.54 Å². The summed E-state index contributed by atoms with van der Waals surface area (Å²) in [6, 6.07) is 3.02. The summed E-state index contributed by atoms with van der Waals surface area (Å²) in [5.74, 6) is 0.506. The van der Waals surface area contributed by atoms with Crippen LogP contribution in [0.4, 0.5) is 13.2 Å². The standard InChI is InChI=1S/C18H18F3N5O2S/c1-24-12-13(11-23-24)16-17-22-6-9-25(17)7-3-8-26(16)29(27,28)15-5-2-4-14(10-15)18(19,20)21/h2,4-6,9-12,16H,3,7-8H2,1H3. The number of aromatic nitrogens is 4. The van der Waals surface area contributed by atoms with E-state index in [4.69, 9.17) is 0 Å². The van der Waals surface area contributed by atoms with Crippen molar-refractivity contribution in [2.75, 3.05) is 6.54 Å². The van der Waals surface area contributed by atoms with E-state index in [0.717, 1.165) is 12.1 Å². The third-order valence-corrected chi connectivity index (χ3v) is 6.73. The second kappa shape index (κ2) is 6.99. The summed E-state index contributed by atoms with van der Waals surface area (Å²) >= 11 is 0. The van der Waals surface area contributed by atoms with Crippen LogP contribution in [0.2, 0.25) is 0 Å². The van der Waals surface area contributed by atoms with Gasteiger partial charge >= 0.3 is 6.18 Å². The van der Waals surface area contributed by atoms with E-state index in [2.05, 4.69) is 10.1 Å². The van der Waals surface area contributed by atoms with E-state index in [1.165, 1.54) is 10.4 Å². The van der Waals surface area contributed by atoms with Gasteiger partial charge in [-0.25, -0.2) is 13.4 Å². The van der Waals surface area contributed by atoms with Gasteiger partial charge in [0.15, 0.2) is 0 Å². The quantitative estimate of drug-likeness (QED) is 0.647. The summed E-state index contributed by atoms with van der Waals surface area (Å²) < 4.78 is 70.9. The van der Waals surface area contributed by atoms with Crippen molar-refractivity contribution < 1.29 is 21.6 Å². The number of hydrogen-bond donors (Lipinski definition) is 0. The first-order chi connectivity index (χ1) is 13.7. The number of fused-ring (bicyclic) bond motifs is 1. The SMILES string of the molecule is Cn1cc(C2c3nccn3CCCN2S(=O)(=O)c2cccc(C(F)(F)F)c2)cn1. The molecule has 0 bridgehead atoms. The number of sulfonamides is 1. The Bertz CT molecular complexity index is 1140. The van der Waals surface area contributed by atoms with Gasteiger partial charge in [0.2, 0.25) is 10.0 Å². The molecule has 29 heavy (non-hydrogen) atoms. The van der Waals surface area contributed by atoms with Crippen molar-refractivity contribution in [1.29, 1.82) is 0 Å². The van der Waals surface area contributed by atoms with E-state index in [1.54, 1.807) is 36.5 Å². The molecule has 1 unspecified atom stereocenters. The fraction of sp³-hybridized carbons (Fsp3) is 0.333. The number of alkyl halides is 3. The number of imidazole rings is 1. The van der Waals surface area contributed by atoms with Crippen LogP contribution < -0.4 is 0 Å². The Morgan fingerprint density at radius 2 is 2.00 bits per heavy atom. The zero-order valence-corrected chi connectivity index (χ0v) is 16.2. The zero-order chi connectivity index (χ0) is 20.8. The fourth-order valence-electron chi connectivity index (χ4n) is 3.54. The number of nitrogens with zero attached hydrogens (tertiary/aromatic N) is 5. The minimum absolute atomic E-state index is 0.140. The van der Waals surface area contributed by atoms with Gasteiger partial charge in [0.1, 0.15) is 11.9 Å². The molecule has 0 spiro atoms. The molecule has 0 radical (unpaired) electrons. The average molecular weight is 425 g/mol. The van der Waals surface area contributed by atoms with Crippen LogP contribution in [0.5, 0.6) is 0 Å². The molecule has 0 aliphatic carbocycles. The molecular weight excluding hydrogens is 407 g/mol. The van der Waals surface area contributed by atoms with Crippen molar-refractivity contribution in [3.63, 3.8) is 0 Å². The Kier molecular flexibility index (Phi) is 4.74. The summed E-state index contributed by atoms with van der Waals surface area (Å²) in [6.45, 7) is 0.697. The van der Waals surface area contributed by atoms with Crippen LogP contribution in [-0.4, -0.2) is 38.6 Å². The van der Waals surface area contributed by atoms with Gasteiger partial charge in [-0.15, -0.1) is 0 Å². The van der Waals surface area contributed by atoms with E-state index in [0.29, 0.717) is 30.4 Å². The Balaban J connectivity index is 1.85. The highest BCUT2D eigenvalue weighted by Gasteiger charge is 2.39. The minimum Gasteiger partial charge on any atom is -0.333 e. The Morgan fingerprint density at radius 1 is 1.21 bits per heavy atom. The Labute approximate surface area is 165 Å². The minimum atomic E-state index is -4.64. The predicted octanol–water partition coefficient (Wildman–Crippen LogP) is 2.82. The molecule has 0 N–H and O–H groups in total. The number of rotatable bonds is 3. The zero-order valence-electron chi connectivity index (χ0n) is 15.4. The molecule has 3 aromatic rings. The highest BCUT2D eigenvalue weighted by molar-refractivity contribution is 7.89. The maximum atomic E-state index is 13.4. The second-order valence-corrected chi connectivity index (χ2v) is 8.71. The number of aryl methyl sites for hydroxylation is 2. The monoisotopic (exact) mass is 425 g/mol. The van der Waals surface area contributed by atoms with E-state index in [9.17, 15) is 21.6 Å². The first-order valence-corrected chi connectivity index (χ1v) is 10.3. The lowest BCUT2D eigenvalue weighted by Gasteiger charge is -2.28. The number of benzene rings is 1. The first-order valence-electron chi connectivity index (χ1n) is 8.86. The molecule has 2 aromatic heterocycles. The van der Waals surface area contributed by atoms with Gasteiger partial charge < -0.3 is 4.57 Å². The molecule has 3 heterocycles. The molecule has 154 valence electrons. The maximum absolute atomic E-state index is 13.4. The van der Waals surface area contributed by atoms with Crippen molar-refractivity contribution in [3.05, 3.63) is 66.0 Å². The van der Waals surface area contributed by atoms with Crippen LogP contribution in [0.3, 0.4) is 0 Å². The second-order valence-electron chi connectivity index (χ2n) is 6.82. The van der Waals surface area contributed by atoms with Crippen molar-refractivity contribution in [2.45, 2.75) is 30.1 Å². The summed E-state index contributed by atoms with van der Waals surface area (Å²) in [5, 5.41) is 4.12. The topological polar surface area (TPSA) is 73.0 Å². The molecule has 0 saturated carbocycles. The van der Waals surface area contributed by atoms with Gasteiger partial charge in [-0.05, 0) is 24.6 Å².